The van der Waals surface area contributed by atoms with Crippen LogP contribution in [0.2, 0.25) is 0 Å². The van der Waals surface area contributed by atoms with Crippen molar-refractivity contribution in [1.82, 2.24) is 10.2 Å². The number of piperidine rings is 1. The first kappa shape index (κ1) is 15.3. The predicted octanol–water partition coefficient (Wildman–Crippen LogP) is 3.52. The summed E-state index contributed by atoms with van der Waals surface area (Å²) in [5, 5.41) is 3.85. The Morgan fingerprint density at radius 3 is 2.26 bits per heavy atom. The first-order valence-electron chi connectivity index (χ1n) is 8.59. The smallest absolute Gasteiger partial charge is 0.00722 e. The highest BCUT2D eigenvalue weighted by atomic mass is 15.1. The molecular formula is C17H34N2. The maximum Gasteiger partial charge on any atom is 0.00722 e. The molecule has 1 saturated carbocycles. The van der Waals surface area contributed by atoms with E-state index in [4.69, 9.17) is 0 Å². The lowest BCUT2D eigenvalue weighted by atomic mass is 9.80. The topological polar surface area (TPSA) is 15.3 Å². The van der Waals surface area contributed by atoms with E-state index >= 15 is 0 Å². The molecule has 3 atom stereocenters. The molecule has 1 heterocycles. The Morgan fingerprint density at radius 2 is 1.63 bits per heavy atom. The van der Waals surface area contributed by atoms with Gasteiger partial charge in [0.25, 0.3) is 0 Å². The summed E-state index contributed by atoms with van der Waals surface area (Å²) in [5.41, 5.74) is 0. The van der Waals surface area contributed by atoms with Crippen LogP contribution in [0.25, 0.3) is 0 Å². The van der Waals surface area contributed by atoms with Gasteiger partial charge in [-0.3, -0.25) is 0 Å². The lowest BCUT2D eigenvalue weighted by molar-refractivity contribution is 0.188. The van der Waals surface area contributed by atoms with E-state index < -0.39 is 0 Å². The van der Waals surface area contributed by atoms with Crippen molar-refractivity contribution in [3.63, 3.8) is 0 Å². The van der Waals surface area contributed by atoms with Gasteiger partial charge in [0.15, 0.2) is 0 Å². The number of rotatable bonds is 5. The van der Waals surface area contributed by atoms with E-state index in [9.17, 15) is 0 Å². The summed E-state index contributed by atoms with van der Waals surface area (Å²) in [6.45, 7) is 12.4. The largest absolute Gasteiger partial charge is 0.314 e. The van der Waals surface area contributed by atoms with E-state index in [1.807, 2.05) is 0 Å². The van der Waals surface area contributed by atoms with E-state index in [1.54, 1.807) is 0 Å². The molecule has 2 nitrogen and oxygen atoms in total. The molecule has 0 aromatic carbocycles. The molecule has 112 valence electrons. The Balaban J connectivity index is 1.63. The zero-order valence-corrected chi connectivity index (χ0v) is 13.3. The van der Waals surface area contributed by atoms with Crippen LogP contribution < -0.4 is 5.32 Å². The number of nitrogens with one attached hydrogen (secondary N) is 1. The Bertz CT molecular complexity index is 238. The summed E-state index contributed by atoms with van der Waals surface area (Å²) in [4.78, 5) is 2.67. The van der Waals surface area contributed by atoms with Crippen molar-refractivity contribution in [2.75, 3.05) is 26.2 Å². The van der Waals surface area contributed by atoms with Crippen LogP contribution in [0.1, 0.15) is 59.3 Å². The molecule has 1 aliphatic carbocycles. The van der Waals surface area contributed by atoms with Gasteiger partial charge >= 0.3 is 0 Å². The maximum absolute atomic E-state index is 3.85. The van der Waals surface area contributed by atoms with Crippen molar-refractivity contribution in [1.29, 1.82) is 0 Å². The summed E-state index contributed by atoms with van der Waals surface area (Å²) in [6.07, 6.45) is 8.49. The van der Waals surface area contributed by atoms with Crippen LogP contribution in [0.4, 0.5) is 0 Å². The molecule has 2 aliphatic rings. The average molecular weight is 266 g/mol. The monoisotopic (exact) mass is 266 g/mol. The van der Waals surface area contributed by atoms with Crippen molar-refractivity contribution in [3.8, 4) is 0 Å². The third-order valence-corrected chi connectivity index (χ3v) is 4.95. The van der Waals surface area contributed by atoms with Gasteiger partial charge in [0.2, 0.25) is 0 Å². The van der Waals surface area contributed by atoms with Crippen molar-refractivity contribution < 1.29 is 0 Å². The molecule has 19 heavy (non-hydrogen) atoms. The van der Waals surface area contributed by atoms with Crippen LogP contribution in [-0.4, -0.2) is 37.1 Å². The summed E-state index contributed by atoms with van der Waals surface area (Å²) in [7, 11) is 0. The van der Waals surface area contributed by atoms with Crippen molar-refractivity contribution in [2.24, 2.45) is 17.8 Å². The van der Waals surface area contributed by atoms with Gasteiger partial charge in [0.05, 0.1) is 0 Å². The minimum atomic E-state index is 0.780. The highest BCUT2D eigenvalue weighted by molar-refractivity contribution is 4.80. The summed E-state index contributed by atoms with van der Waals surface area (Å²) in [6, 6.07) is 0.780. The maximum atomic E-state index is 3.85. The van der Waals surface area contributed by atoms with Crippen LogP contribution in [0.5, 0.6) is 0 Å². The fourth-order valence-electron chi connectivity index (χ4n) is 4.13. The third-order valence-electron chi connectivity index (χ3n) is 4.95. The zero-order chi connectivity index (χ0) is 13.7. The molecule has 0 aromatic heterocycles. The molecule has 3 unspecified atom stereocenters. The molecule has 1 saturated heterocycles. The second-order valence-electron chi connectivity index (χ2n) is 7.49. The van der Waals surface area contributed by atoms with Gasteiger partial charge in [0, 0.05) is 12.6 Å². The second-order valence-corrected chi connectivity index (χ2v) is 7.49. The lowest BCUT2D eigenvalue weighted by Crippen LogP contribution is -2.41. The Kier molecular flexibility index (Phi) is 6.15. The summed E-state index contributed by atoms with van der Waals surface area (Å²) < 4.78 is 0. The molecular weight excluding hydrogens is 232 g/mol. The quantitative estimate of drug-likeness (QED) is 0.819. The Morgan fingerprint density at radius 1 is 1.00 bits per heavy atom. The van der Waals surface area contributed by atoms with Crippen LogP contribution in [0, 0.1) is 17.8 Å². The molecule has 0 radical (unpaired) electrons. The van der Waals surface area contributed by atoms with E-state index in [1.165, 1.54) is 64.7 Å². The average Bonchev–Trinajstić information content (AvgIpc) is 2.36. The highest BCUT2D eigenvalue weighted by Crippen LogP contribution is 2.28. The standard InChI is InChI=1S/C17H34N2/c1-14-9-15(2)11-17(10-14)18-12-16(3)13-19-7-5-4-6-8-19/h14-18H,4-13H2,1-3H3. The van der Waals surface area contributed by atoms with E-state index in [2.05, 4.69) is 31.0 Å². The SMILES string of the molecule is CC1CC(C)CC(NCC(C)CN2CCCCC2)C1. The molecule has 2 heteroatoms. The van der Waals surface area contributed by atoms with E-state index in [-0.39, 0.29) is 0 Å². The van der Waals surface area contributed by atoms with Gasteiger partial charge < -0.3 is 10.2 Å². The molecule has 1 aliphatic heterocycles. The third kappa shape index (κ3) is 5.43. The molecule has 2 fully saturated rings. The number of likely N-dealkylation sites (tertiary alicyclic amines) is 1. The zero-order valence-electron chi connectivity index (χ0n) is 13.3. The molecule has 0 aromatic rings. The highest BCUT2D eigenvalue weighted by Gasteiger charge is 2.24. The van der Waals surface area contributed by atoms with Crippen LogP contribution in [0.15, 0.2) is 0 Å². The molecule has 0 spiro atoms. The van der Waals surface area contributed by atoms with Crippen molar-refractivity contribution >= 4 is 0 Å². The minimum Gasteiger partial charge on any atom is -0.314 e. The normalized spacial score (nSPS) is 35.2. The summed E-state index contributed by atoms with van der Waals surface area (Å²) in [5.74, 6) is 2.63. The fraction of sp³-hybridized carbons (Fsp3) is 1.00. The number of nitrogens with zero attached hydrogens (tertiary/aromatic N) is 1. The Labute approximate surface area is 120 Å². The number of hydrogen-bond acceptors (Lipinski definition) is 2. The van der Waals surface area contributed by atoms with Crippen molar-refractivity contribution in [2.45, 2.75) is 65.3 Å². The fourth-order valence-corrected chi connectivity index (χ4v) is 4.13. The van der Waals surface area contributed by atoms with Crippen LogP contribution in [-0.2, 0) is 0 Å². The van der Waals surface area contributed by atoms with Gasteiger partial charge in [-0.1, -0.05) is 27.2 Å². The van der Waals surface area contributed by atoms with Gasteiger partial charge in [-0.15, -0.1) is 0 Å². The number of hydrogen-bond donors (Lipinski definition) is 1. The van der Waals surface area contributed by atoms with Crippen LogP contribution in [0.3, 0.4) is 0 Å². The first-order chi connectivity index (χ1) is 9.13. The van der Waals surface area contributed by atoms with Gasteiger partial charge in [-0.05, 0) is 69.5 Å². The van der Waals surface area contributed by atoms with Crippen molar-refractivity contribution in [3.05, 3.63) is 0 Å². The first-order valence-corrected chi connectivity index (χ1v) is 8.59. The molecule has 1 N–H and O–H groups in total. The van der Waals surface area contributed by atoms with Crippen LogP contribution >= 0.6 is 0 Å². The van der Waals surface area contributed by atoms with E-state index in [0.29, 0.717) is 0 Å². The molecule has 0 amide bonds. The summed E-state index contributed by atoms with van der Waals surface area (Å²) >= 11 is 0. The lowest BCUT2D eigenvalue weighted by Gasteiger charge is -2.34. The Hall–Kier alpha value is -0.0800. The van der Waals surface area contributed by atoms with Gasteiger partial charge in [0.1, 0.15) is 0 Å². The van der Waals surface area contributed by atoms with E-state index in [0.717, 1.165) is 23.8 Å². The predicted molar refractivity (Wildman–Crippen MR) is 83.4 cm³/mol. The van der Waals surface area contributed by atoms with Gasteiger partial charge in [-0.2, -0.15) is 0 Å². The molecule has 0 bridgehead atoms. The minimum absolute atomic E-state index is 0.780. The van der Waals surface area contributed by atoms with Gasteiger partial charge in [-0.25, -0.2) is 0 Å². The molecule has 2 rings (SSSR count). The second kappa shape index (κ2) is 7.64.